The Hall–Kier alpha value is -1.42. The van der Waals surface area contributed by atoms with E-state index in [4.69, 9.17) is 11.2 Å². The molecule has 1 heterocycles. The summed E-state index contributed by atoms with van der Waals surface area (Å²) in [6, 6.07) is 6.10. The predicted molar refractivity (Wildman–Crippen MR) is 62.1 cm³/mol. The van der Waals surface area contributed by atoms with Crippen LogP contribution in [0.2, 0.25) is 0 Å². The fourth-order valence-electron chi connectivity index (χ4n) is 2.20. The maximum Gasteiger partial charge on any atom is 0.124 e. The van der Waals surface area contributed by atoms with Gasteiger partial charge in [-0.2, -0.15) is 0 Å². The summed E-state index contributed by atoms with van der Waals surface area (Å²) in [6.07, 6.45) is 6.48. The van der Waals surface area contributed by atoms with Gasteiger partial charge in [0.2, 0.25) is 0 Å². The molecule has 0 aliphatic carbocycles. The van der Waals surface area contributed by atoms with Gasteiger partial charge in [0.25, 0.3) is 0 Å². The maximum absolute atomic E-state index is 5.65. The highest BCUT2D eigenvalue weighted by Crippen LogP contribution is 2.38. The first-order chi connectivity index (χ1) is 7.22. The van der Waals surface area contributed by atoms with Crippen LogP contribution in [0.25, 0.3) is 0 Å². The SMILES string of the molecule is C#Cc1ccc2c(c1)OCC[C@@H]2C(C)C. The minimum absolute atomic E-state index is 0.612. The van der Waals surface area contributed by atoms with E-state index in [1.54, 1.807) is 0 Å². The zero-order valence-corrected chi connectivity index (χ0v) is 9.29. The molecule has 0 unspecified atom stereocenters. The summed E-state index contributed by atoms with van der Waals surface area (Å²) in [7, 11) is 0. The first-order valence-electron chi connectivity index (χ1n) is 5.45. The van der Waals surface area contributed by atoms with Gasteiger partial charge in [-0.05, 0) is 36.0 Å². The third kappa shape index (κ3) is 1.85. The van der Waals surface area contributed by atoms with Crippen LogP contribution in [0.5, 0.6) is 5.75 Å². The van der Waals surface area contributed by atoms with Crippen LogP contribution in [0.15, 0.2) is 18.2 Å². The highest BCUT2D eigenvalue weighted by molar-refractivity contribution is 5.46. The number of ether oxygens (including phenoxy) is 1. The molecule has 0 spiro atoms. The van der Waals surface area contributed by atoms with E-state index in [-0.39, 0.29) is 0 Å². The molecule has 15 heavy (non-hydrogen) atoms. The molecule has 0 radical (unpaired) electrons. The van der Waals surface area contributed by atoms with Gasteiger partial charge in [-0.1, -0.05) is 25.8 Å². The van der Waals surface area contributed by atoms with Gasteiger partial charge in [0.15, 0.2) is 0 Å². The molecule has 0 N–H and O–H groups in total. The van der Waals surface area contributed by atoms with Gasteiger partial charge in [0.1, 0.15) is 5.75 Å². The van der Waals surface area contributed by atoms with Crippen molar-refractivity contribution in [3.63, 3.8) is 0 Å². The van der Waals surface area contributed by atoms with Crippen LogP contribution < -0.4 is 4.74 Å². The van der Waals surface area contributed by atoms with E-state index in [1.165, 1.54) is 5.56 Å². The zero-order valence-electron chi connectivity index (χ0n) is 9.29. The largest absolute Gasteiger partial charge is 0.493 e. The highest BCUT2D eigenvalue weighted by atomic mass is 16.5. The number of terminal acetylenes is 1. The molecule has 78 valence electrons. The molecule has 0 fully saturated rings. The van der Waals surface area contributed by atoms with E-state index in [0.717, 1.165) is 24.3 Å². The summed E-state index contributed by atoms with van der Waals surface area (Å²) in [5.41, 5.74) is 2.22. The summed E-state index contributed by atoms with van der Waals surface area (Å²) in [6.45, 7) is 5.33. The Balaban J connectivity index is 2.41. The van der Waals surface area contributed by atoms with Crippen molar-refractivity contribution in [2.75, 3.05) is 6.61 Å². The third-order valence-electron chi connectivity index (χ3n) is 3.07. The van der Waals surface area contributed by atoms with Gasteiger partial charge < -0.3 is 4.74 Å². The van der Waals surface area contributed by atoms with Crippen LogP contribution in [0.3, 0.4) is 0 Å². The number of benzene rings is 1. The molecule has 1 heteroatoms. The van der Waals surface area contributed by atoms with Gasteiger partial charge >= 0.3 is 0 Å². The maximum atomic E-state index is 5.65. The van der Waals surface area contributed by atoms with Crippen LogP contribution in [-0.2, 0) is 0 Å². The molecule has 1 nitrogen and oxygen atoms in total. The lowest BCUT2D eigenvalue weighted by atomic mass is 9.84. The Morgan fingerprint density at radius 2 is 2.27 bits per heavy atom. The number of fused-ring (bicyclic) bond motifs is 1. The normalized spacial score (nSPS) is 19.2. The smallest absolute Gasteiger partial charge is 0.124 e. The molecule has 1 aromatic rings. The molecule has 0 saturated heterocycles. The second-order valence-corrected chi connectivity index (χ2v) is 4.38. The Bertz CT molecular complexity index is 398. The minimum Gasteiger partial charge on any atom is -0.493 e. The van der Waals surface area contributed by atoms with Gasteiger partial charge in [-0.3, -0.25) is 0 Å². The summed E-state index contributed by atoms with van der Waals surface area (Å²) >= 11 is 0. The second-order valence-electron chi connectivity index (χ2n) is 4.38. The lowest BCUT2D eigenvalue weighted by Gasteiger charge is -2.28. The van der Waals surface area contributed by atoms with Crippen LogP contribution >= 0.6 is 0 Å². The molecule has 1 atom stereocenters. The highest BCUT2D eigenvalue weighted by Gasteiger charge is 2.23. The van der Waals surface area contributed by atoms with Gasteiger partial charge in [-0.15, -0.1) is 6.42 Å². The first kappa shape index (κ1) is 10.1. The summed E-state index contributed by atoms with van der Waals surface area (Å²) in [4.78, 5) is 0. The minimum atomic E-state index is 0.612. The lowest BCUT2D eigenvalue weighted by molar-refractivity contribution is 0.247. The van der Waals surface area contributed by atoms with Crippen molar-refractivity contribution in [1.29, 1.82) is 0 Å². The Labute approximate surface area is 91.5 Å². The van der Waals surface area contributed by atoms with E-state index in [0.29, 0.717) is 11.8 Å². The topological polar surface area (TPSA) is 9.23 Å². The average Bonchev–Trinajstić information content (AvgIpc) is 2.27. The standard InChI is InChI=1S/C14H16O/c1-4-11-5-6-13-12(10(2)3)7-8-15-14(13)9-11/h1,5-6,9-10,12H,7-8H2,2-3H3/t12-/m1/s1. The predicted octanol–water partition coefficient (Wildman–Crippen LogP) is 3.19. The van der Waals surface area contributed by atoms with Crippen LogP contribution in [0, 0.1) is 18.3 Å². The van der Waals surface area contributed by atoms with Crippen molar-refractivity contribution in [2.24, 2.45) is 5.92 Å². The second kappa shape index (κ2) is 3.98. The zero-order chi connectivity index (χ0) is 10.8. The molecule has 0 bridgehead atoms. The molecule has 1 aromatic carbocycles. The Morgan fingerprint density at radius 1 is 1.47 bits per heavy atom. The molecule has 1 aliphatic heterocycles. The van der Waals surface area contributed by atoms with Gasteiger partial charge in [0, 0.05) is 5.56 Å². The van der Waals surface area contributed by atoms with Crippen molar-refractivity contribution in [3.05, 3.63) is 29.3 Å². The number of rotatable bonds is 1. The molecular weight excluding hydrogens is 184 g/mol. The van der Waals surface area contributed by atoms with E-state index >= 15 is 0 Å². The van der Waals surface area contributed by atoms with Gasteiger partial charge in [0.05, 0.1) is 6.61 Å². The van der Waals surface area contributed by atoms with Crippen LogP contribution in [-0.4, -0.2) is 6.61 Å². The number of hydrogen-bond acceptors (Lipinski definition) is 1. The fraction of sp³-hybridized carbons (Fsp3) is 0.429. The summed E-state index contributed by atoms with van der Waals surface area (Å²) in [5.74, 6) is 4.89. The van der Waals surface area contributed by atoms with Crippen molar-refractivity contribution in [3.8, 4) is 18.1 Å². The molecule has 0 aromatic heterocycles. The molecule has 0 saturated carbocycles. The van der Waals surface area contributed by atoms with Crippen molar-refractivity contribution in [2.45, 2.75) is 26.2 Å². The molecule has 1 aliphatic rings. The van der Waals surface area contributed by atoms with E-state index in [9.17, 15) is 0 Å². The monoisotopic (exact) mass is 200 g/mol. The molecule has 0 amide bonds. The van der Waals surface area contributed by atoms with Gasteiger partial charge in [-0.25, -0.2) is 0 Å². The Kier molecular flexibility index (Phi) is 2.68. The third-order valence-corrected chi connectivity index (χ3v) is 3.07. The quantitative estimate of drug-likeness (QED) is 0.633. The number of hydrogen-bond donors (Lipinski definition) is 0. The van der Waals surface area contributed by atoms with Crippen molar-refractivity contribution in [1.82, 2.24) is 0 Å². The lowest BCUT2D eigenvalue weighted by Crippen LogP contribution is -2.18. The van der Waals surface area contributed by atoms with Crippen LogP contribution in [0.1, 0.15) is 37.3 Å². The van der Waals surface area contributed by atoms with E-state index < -0.39 is 0 Å². The van der Waals surface area contributed by atoms with Crippen molar-refractivity contribution >= 4 is 0 Å². The average molecular weight is 200 g/mol. The fourth-order valence-corrected chi connectivity index (χ4v) is 2.20. The van der Waals surface area contributed by atoms with Crippen molar-refractivity contribution < 1.29 is 4.74 Å². The summed E-state index contributed by atoms with van der Waals surface area (Å²) in [5, 5.41) is 0. The van der Waals surface area contributed by atoms with Crippen LogP contribution in [0.4, 0.5) is 0 Å². The molecule has 2 rings (SSSR count). The van der Waals surface area contributed by atoms with E-state index in [1.807, 2.05) is 12.1 Å². The van der Waals surface area contributed by atoms with E-state index in [2.05, 4.69) is 25.8 Å². The summed E-state index contributed by atoms with van der Waals surface area (Å²) < 4.78 is 5.65. The molecular formula is C14H16O. The Morgan fingerprint density at radius 3 is 2.93 bits per heavy atom. The first-order valence-corrected chi connectivity index (χ1v) is 5.45.